The maximum atomic E-state index is 13.6. The van der Waals surface area contributed by atoms with Crippen LogP contribution in [-0.2, 0) is 31.0 Å². The number of benzene rings is 2. The Balaban J connectivity index is 0.719. The van der Waals surface area contributed by atoms with Gasteiger partial charge in [0.15, 0.2) is 11.5 Å². The molecule has 1 saturated heterocycles. The Labute approximate surface area is 366 Å². The summed E-state index contributed by atoms with van der Waals surface area (Å²) in [6, 6.07) is 18.9. The molecule has 4 aliphatic rings. The first-order valence-electron chi connectivity index (χ1n) is 20.8. The molecule has 326 valence electrons. The molecule has 13 nitrogen and oxygen atoms in total. The van der Waals surface area contributed by atoms with Gasteiger partial charge >= 0.3 is 6.29 Å². The number of carbonyl (C=O) groups excluding carboxylic acids is 5. The first-order valence-corrected chi connectivity index (χ1v) is 22.2. The number of halogens is 3. The first kappa shape index (κ1) is 43.1. The number of ether oxygens (including phenoxy) is 2. The largest absolute Gasteiger partial charge is 0.586 e. The van der Waals surface area contributed by atoms with Crippen molar-refractivity contribution < 1.29 is 42.2 Å². The van der Waals surface area contributed by atoms with Crippen LogP contribution in [0.15, 0.2) is 66.7 Å². The van der Waals surface area contributed by atoms with Gasteiger partial charge in [0.2, 0.25) is 23.6 Å². The molecule has 2 aliphatic carbocycles. The summed E-state index contributed by atoms with van der Waals surface area (Å²) in [5.74, 6) is -0.567. The van der Waals surface area contributed by atoms with E-state index in [0.717, 1.165) is 47.5 Å². The minimum Gasteiger partial charge on any atom is -0.395 e. The highest BCUT2D eigenvalue weighted by molar-refractivity contribution is 7.16. The molecule has 4 N–H and O–H groups in total. The normalized spacial score (nSPS) is 17.4. The number of carbonyl (C=O) groups is 5. The Bertz CT molecular complexity index is 2390. The molecule has 8 rings (SSSR count). The molecule has 0 bridgehead atoms. The fourth-order valence-electron chi connectivity index (χ4n) is 8.49. The van der Waals surface area contributed by atoms with Crippen molar-refractivity contribution in [2.75, 3.05) is 42.7 Å². The molecule has 0 unspecified atom stereocenters. The van der Waals surface area contributed by atoms with E-state index in [1.165, 1.54) is 23.5 Å². The second kappa shape index (κ2) is 17.6. The third-order valence-corrected chi connectivity index (χ3v) is 13.4. The fraction of sp³-hybridized carbons (Fsp3) is 0.422. The zero-order chi connectivity index (χ0) is 43.6. The number of amides is 5. The average molecular weight is 889 g/mol. The van der Waals surface area contributed by atoms with Crippen molar-refractivity contribution in [1.29, 1.82) is 0 Å². The van der Waals surface area contributed by atoms with Crippen molar-refractivity contribution in [3.05, 3.63) is 88.3 Å². The Morgan fingerprint density at radius 2 is 1.65 bits per heavy atom. The van der Waals surface area contributed by atoms with E-state index in [-0.39, 0.29) is 58.2 Å². The predicted molar refractivity (Wildman–Crippen MR) is 230 cm³/mol. The molecule has 2 aromatic heterocycles. The number of nitrogens with zero attached hydrogens (tertiary/aromatic N) is 2. The van der Waals surface area contributed by atoms with Crippen LogP contribution in [-0.4, -0.2) is 77.8 Å². The van der Waals surface area contributed by atoms with Gasteiger partial charge in [0.25, 0.3) is 5.91 Å². The van der Waals surface area contributed by atoms with Gasteiger partial charge in [-0.2, -0.15) is 0 Å². The van der Waals surface area contributed by atoms with E-state index < -0.39 is 11.7 Å². The van der Waals surface area contributed by atoms with Gasteiger partial charge in [0, 0.05) is 59.9 Å². The summed E-state index contributed by atoms with van der Waals surface area (Å²) in [5.41, 5.74) is 2.33. The molecule has 1 spiro atoms. The van der Waals surface area contributed by atoms with Gasteiger partial charge in [0.1, 0.15) is 11.7 Å². The molecular formula is C45H47ClF2N6O7S. The lowest BCUT2D eigenvalue weighted by Gasteiger charge is -2.58. The zero-order valence-electron chi connectivity index (χ0n) is 34.1. The van der Waals surface area contributed by atoms with Crippen LogP contribution in [0.2, 0.25) is 0 Å². The Morgan fingerprint density at radius 1 is 0.887 bits per heavy atom. The van der Waals surface area contributed by atoms with Gasteiger partial charge in [-0.3, -0.25) is 24.0 Å². The lowest BCUT2D eigenvalue weighted by atomic mass is 9.57. The first-order chi connectivity index (χ1) is 29.7. The van der Waals surface area contributed by atoms with E-state index in [2.05, 4.69) is 30.7 Å². The number of unbranched alkanes of at least 4 members (excludes halogenated alkanes) is 2. The van der Waals surface area contributed by atoms with Crippen molar-refractivity contribution in [1.82, 2.24) is 20.5 Å². The number of nitrogens with one attached hydrogen (secondary N) is 4. The number of aromatic nitrogens is 1. The average Bonchev–Trinajstić information content (AvgIpc) is 3.81. The third kappa shape index (κ3) is 9.55. The Morgan fingerprint density at radius 3 is 2.40 bits per heavy atom. The quantitative estimate of drug-likeness (QED) is 0.0640. The molecule has 2 aliphatic heterocycles. The van der Waals surface area contributed by atoms with Gasteiger partial charge in [-0.05, 0) is 112 Å². The van der Waals surface area contributed by atoms with Crippen LogP contribution in [0.4, 0.5) is 19.6 Å². The SMILES string of the molecule is Cc1ccc(NC(=O)C2(c3ccc4c(c3)OC(F)(F)O4)CC2)nc1-c1cccc(C(=O)NCCCCCNC(=O)CCc2ccc(NC(=O)C3CC4(C3)CN(C(=O)CCl)C4)s2)c1. The number of thiophene rings is 1. The summed E-state index contributed by atoms with van der Waals surface area (Å²) in [6.45, 7) is 4.25. The van der Waals surface area contributed by atoms with Crippen molar-refractivity contribution in [2.24, 2.45) is 11.3 Å². The molecule has 5 amide bonds. The van der Waals surface area contributed by atoms with Crippen LogP contribution in [0.25, 0.3) is 11.3 Å². The highest BCUT2D eigenvalue weighted by Gasteiger charge is 2.55. The van der Waals surface area contributed by atoms with Gasteiger partial charge in [0.05, 0.1) is 16.1 Å². The van der Waals surface area contributed by atoms with Gasteiger partial charge in [-0.15, -0.1) is 31.7 Å². The Kier molecular flexibility index (Phi) is 12.2. The smallest absolute Gasteiger partial charge is 0.395 e. The molecule has 3 fully saturated rings. The summed E-state index contributed by atoms with van der Waals surface area (Å²) < 4.78 is 36.3. The summed E-state index contributed by atoms with van der Waals surface area (Å²) in [7, 11) is 0. The zero-order valence-corrected chi connectivity index (χ0v) is 35.7. The number of likely N-dealkylation sites (tertiary alicyclic amines) is 1. The second-order valence-corrected chi connectivity index (χ2v) is 18.2. The molecule has 2 saturated carbocycles. The molecule has 62 heavy (non-hydrogen) atoms. The van der Waals surface area contributed by atoms with E-state index in [9.17, 15) is 32.8 Å². The number of hydrogen-bond acceptors (Lipinski definition) is 9. The van der Waals surface area contributed by atoms with Gasteiger partial charge in [-0.1, -0.05) is 24.3 Å². The van der Waals surface area contributed by atoms with E-state index in [1.54, 1.807) is 35.2 Å². The van der Waals surface area contributed by atoms with Crippen LogP contribution in [0.5, 0.6) is 11.5 Å². The lowest BCUT2D eigenvalue weighted by Crippen LogP contribution is -2.65. The van der Waals surface area contributed by atoms with Gasteiger partial charge in [-0.25, -0.2) is 4.98 Å². The molecule has 2 aromatic carbocycles. The summed E-state index contributed by atoms with van der Waals surface area (Å²) >= 11 is 7.11. The van der Waals surface area contributed by atoms with Crippen LogP contribution in [0.1, 0.15) is 77.7 Å². The van der Waals surface area contributed by atoms with E-state index in [1.807, 2.05) is 31.2 Å². The van der Waals surface area contributed by atoms with E-state index in [4.69, 9.17) is 16.6 Å². The predicted octanol–water partition coefficient (Wildman–Crippen LogP) is 7.18. The lowest BCUT2D eigenvalue weighted by molar-refractivity contribution is -0.286. The maximum absolute atomic E-state index is 13.6. The van der Waals surface area contributed by atoms with E-state index in [0.29, 0.717) is 80.1 Å². The van der Waals surface area contributed by atoms with Gasteiger partial charge < -0.3 is 35.6 Å². The topological polar surface area (TPSA) is 168 Å². The van der Waals surface area contributed by atoms with Crippen LogP contribution >= 0.6 is 22.9 Å². The summed E-state index contributed by atoms with van der Waals surface area (Å²) in [6.07, 6.45) is 2.12. The van der Waals surface area contributed by atoms with Crippen molar-refractivity contribution in [2.45, 2.75) is 76.4 Å². The fourth-order valence-corrected chi connectivity index (χ4v) is 9.57. The maximum Gasteiger partial charge on any atom is 0.586 e. The van der Waals surface area contributed by atoms with Crippen molar-refractivity contribution in [3.8, 4) is 22.8 Å². The molecular weight excluding hydrogens is 842 g/mol. The minimum atomic E-state index is -3.75. The van der Waals surface area contributed by atoms with Crippen LogP contribution < -0.4 is 30.7 Å². The number of rotatable bonds is 17. The summed E-state index contributed by atoms with van der Waals surface area (Å²) in [5, 5.41) is 12.6. The molecule has 0 atom stereocenters. The van der Waals surface area contributed by atoms with Crippen molar-refractivity contribution >= 4 is 63.3 Å². The second-order valence-electron chi connectivity index (χ2n) is 16.7. The number of aryl methyl sites for hydroxylation is 2. The van der Waals surface area contributed by atoms with Crippen molar-refractivity contribution in [3.63, 3.8) is 0 Å². The number of alkyl halides is 3. The number of anilines is 2. The van der Waals surface area contributed by atoms with E-state index >= 15 is 0 Å². The molecule has 17 heteroatoms. The van der Waals surface area contributed by atoms with Crippen LogP contribution in [0, 0.1) is 18.3 Å². The van der Waals surface area contributed by atoms with Crippen LogP contribution in [0.3, 0.4) is 0 Å². The standard InChI is InChI=1S/C45H47ClF2N6O7S/c1-27-8-13-35(52-42(59)44(16-17-44)31-9-12-33-34(21-31)61-45(47,48)60-33)51-39(27)28-6-5-7-29(20-28)40(57)50-19-4-2-3-18-49-36(55)14-10-32-11-15-37(62-32)53-41(58)30-22-43(23-30)25-54(26-43)38(56)24-46/h5-9,11-13,15,20-21,30H,2-4,10,14,16-19,22-26H2,1H3,(H,49,55)(H,50,57)(H,53,58)(H,51,52,59). The molecule has 4 aromatic rings. The number of fused-ring (bicyclic) bond motifs is 1. The number of pyridine rings is 1. The highest BCUT2D eigenvalue weighted by Crippen LogP contribution is 2.53. The third-order valence-electron chi connectivity index (χ3n) is 12.1. The molecule has 4 heterocycles. The monoisotopic (exact) mass is 888 g/mol. The minimum absolute atomic E-state index is 0.000294. The molecule has 0 radical (unpaired) electrons. The highest BCUT2D eigenvalue weighted by atomic mass is 35.5. The number of hydrogen-bond donors (Lipinski definition) is 4. The summed E-state index contributed by atoms with van der Waals surface area (Å²) in [4.78, 5) is 71.0. The Hall–Kier alpha value is -5.61.